The van der Waals surface area contributed by atoms with Crippen molar-refractivity contribution in [2.24, 2.45) is 0 Å². The van der Waals surface area contributed by atoms with Gasteiger partial charge in [0.15, 0.2) is 5.82 Å². The maximum absolute atomic E-state index is 4.38. The third kappa shape index (κ3) is 3.71. The first kappa shape index (κ1) is 14.7. The van der Waals surface area contributed by atoms with Crippen LogP contribution >= 0.6 is 0 Å². The Hall–Kier alpha value is -1.20. The van der Waals surface area contributed by atoms with Crippen LogP contribution in [0.5, 0.6) is 0 Å². The average Bonchev–Trinajstić information content (AvgIpc) is 2.57. The van der Waals surface area contributed by atoms with Crippen LogP contribution in [0.2, 0.25) is 0 Å². The number of nitrogens with zero attached hydrogens (tertiary/aromatic N) is 4. The molecule has 0 amide bonds. The quantitative estimate of drug-likeness (QED) is 0.913. The van der Waals surface area contributed by atoms with Gasteiger partial charge in [-0.1, -0.05) is 6.42 Å². The third-order valence-corrected chi connectivity index (χ3v) is 4.76. The molecule has 3 rings (SSSR count). The second-order valence-corrected chi connectivity index (χ2v) is 6.23. The number of likely N-dealkylation sites (tertiary alicyclic amines) is 1. The second-order valence-electron chi connectivity index (χ2n) is 6.23. The van der Waals surface area contributed by atoms with Crippen LogP contribution in [0.3, 0.4) is 0 Å². The second kappa shape index (κ2) is 7.18. The molecule has 0 radical (unpaired) electrons. The molecule has 0 spiro atoms. The van der Waals surface area contributed by atoms with Crippen LogP contribution in [0.25, 0.3) is 0 Å². The maximum Gasteiger partial charge on any atom is 0.151 e. The minimum atomic E-state index is 0.782. The van der Waals surface area contributed by atoms with Gasteiger partial charge in [-0.15, -0.1) is 5.10 Å². The Morgan fingerprint density at radius 1 is 1.05 bits per heavy atom. The van der Waals surface area contributed by atoms with E-state index >= 15 is 0 Å². The van der Waals surface area contributed by atoms with E-state index in [9.17, 15) is 0 Å². The van der Waals surface area contributed by atoms with Gasteiger partial charge in [0, 0.05) is 25.7 Å². The molecule has 0 saturated carbocycles. The summed E-state index contributed by atoms with van der Waals surface area (Å²) in [5, 5.41) is 11.8. The molecule has 0 aliphatic carbocycles. The molecule has 5 nitrogen and oxygen atoms in total. The number of rotatable bonds is 4. The standard InChI is InChI=1S/C16H27N5/c1-17-13-14-5-6-16(19-18-14)21-11-7-15(8-12-21)20-9-3-2-4-10-20/h5-6,15,17H,2-4,7-13H2,1H3. The fraction of sp³-hybridized carbons (Fsp3) is 0.750. The molecule has 5 heteroatoms. The van der Waals surface area contributed by atoms with E-state index in [-0.39, 0.29) is 0 Å². The molecule has 0 bridgehead atoms. The third-order valence-electron chi connectivity index (χ3n) is 4.76. The Kier molecular flexibility index (Phi) is 5.04. The topological polar surface area (TPSA) is 44.3 Å². The summed E-state index contributed by atoms with van der Waals surface area (Å²) in [4.78, 5) is 5.10. The Morgan fingerprint density at radius 3 is 2.43 bits per heavy atom. The van der Waals surface area contributed by atoms with Crippen LogP contribution < -0.4 is 10.2 Å². The summed E-state index contributed by atoms with van der Waals surface area (Å²) in [6.45, 7) is 5.62. The van der Waals surface area contributed by atoms with E-state index in [0.29, 0.717) is 0 Å². The molecule has 0 unspecified atom stereocenters. The minimum Gasteiger partial charge on any atom is -0.355 e. The van der Waals surface area contributed by atoms with Crippen LogP contribution in [-0.2, 0) is 6.54 Å². The van der Waals surface area contributed by atoms with Crippen LogP contribution in [0.4, 0.5) is 5.82 Å². The summed E-state index contributed by atoms with van der Waals surface area (Å²) in [5.41, 5.74) is 1.00. The number of anilines is 1. The van der Waals surface area contributed by atoms with Crippen molar-refractivity contribution in [1.29, 1.82) is 0 Å². The minimum absolute atomic E-state index is 0.782. The molecule has 0 atom stereocenters. The number of hydrogen-bond acceptors (Lipinski definition) is 5. The van der Waals surface area contributed by atoms with Crippen molar-refractivity contribution < 1.29 is 0 Å². The van der Waals surface area contributed by atoms with E-state index in [0.717, 1.165) is 37.2 Å². The number of hydrogen-bond donors (Lipinski definition) is 1. The largest absolute Gasteiger partial charge is 0.355 e. The Morgan fingerprint density at radius 2 is 1.81 bits per heavy atom. The van der Waals surface area contributed by atoms with Crippen LogP contribution in [0.15, 0.2) is 12.1 Å². The monoisotopic (exact) mass is 289 g/mol. The lowest BCUT2D eigenvalue weighted by atomic mass is 10.00. The van der Waals surface area contributed by atoms with Gasteiger partial charge >= 0.3 is 0 Å². The van der Waals surface area contributed by atoms with Gasteiger partial charge in [-0.05, 0) is 58.0 Å². The predicted octanol–water partition coefficient (Wildman–Crippen LogP) is 1.65. The fourth-order valence-electron chi connectivity index (χ4n) is 3.54. The Balaban J connectivity index is 1.52. The number of nitrogens with one attached hydrogen (secondary N) is 1. The normalized spacial score (nSPS) is 21.7. The molecule has 1 aromatic heterocycles. The molecular formula is C16H27N5. The lowest BCUT2D eigenvalue weighted by molar-refractivity contribution is 0.141. The lowest BCUT2D eigenvalue weighted by Crippen LogP contribution is -2.47. The molecule has 21 heavy (non-hydrogen) atoms. The summed E-state index contributed by atoms with van der Waals surface area (Å²) in [6.07, 6.45) is 6.72. The van der Waals surface area contributed by atoms with Gasteiger partial charge in [0.05, 0.1) is 5.69 Å². The highest BCUT2D eigenvalue weighted by atomic mass is 15.3. The van der Waals surface area contributed by atoms with Gasteiger partial charge in [0.1, 0.15) is 0 Å². The first-order valence-electron chi connectivity index (χ1n) is 8.33. The average molecular weight is 289 g/mol. The molecule has 3 heterocycles. The van der Waals surface area contributed by atoms with Gasteiger partial charge in [-0.25, -0.2) is 0 Å². The van der Waals surface area contributed by atoms with Crippen molar-refractivity contribution in [2.45, 2.75) is 44.7 Å². The highest BCUT2D eigenvalue weighted by molar-refractivity contribution is 5.37. The van der Waals surface area contributed by atoms with Crippen molar-refractivity contribution in [1.82, 2.24) is 20.4 Å². The molecule has 2 aliphatic rings. The summed E-state index contributed by atoms with van der Waals surface area (Å²) in [6, 6.07) is 4.98. The van der Waals surface area contributed by atoms with Crippen molar-refractivity contribution in [2.75, 3.05) is 38.1 Å². The van der Waals surface area contributed by atoms with E-state index in [1.807, 2.05) is 7.05 Å². The SMILES string of the molecule is CNCc1ccc(N2CCC(N3CCCCC3)CC2)nn1. The summed E-state index contributed by atoms with van der Waals surface area (Å²) in [5.74, 6) is 1.03. The van der Waals surface area contributed by atoms with Crippen LogP contribution in [0, 0.1) is 0 Å². The highest BCUT2D eigenvalue weighted by Crippen LogP contribution is 2.23. The predicted molar refractivity (Wildman–Crippen MR) is 85.5 cm³/mol. The van der Waals surface area contributed by atoms with Crippen molar-refractivity contribution in [3.63, 3.8) is 0 Å². The Bertz CT molecular complexity index is 419. The van der Waals surface area contributed by atoms with Gasteiger partial charge in [-0.2, -0.15) is 5.10 Å². The lowest BCUT2D eigenvalue weighted by Gasteiger charge is -2.40. The molecule has 2 saturated heterocycles. The van der Waals surface area contributed by atoms with E-state index in [4.69, 9.17) is 0 Å². The first-order chi connectivity index (χ1) is 10.4. The molecular weight excluding hydrogens is 262 g/mol. The Labute approximate surface area is 127 Å². The van der Waals surface area contributed by atoms with Crippen LogP contribution in [-0.4, -0.2) is 54.4 Å². The molecule has 1 aromatic rings. The maximum atomic E-state index is 4.38. The van der Waals surface area contributed by atoms with E-state index < -0.39 is 0 Å². The zero-order valence-electron chi connectivity index (χ0n) is 13.1. The summed E-state index contributed by atoms with van der Waals surface area (Å²) in [7, 11) is 1.93. The molecule has 2 fully saturated rings. The van der Waals surface area contributed by atoms with Crippen molar-refractivity contribution >= 4 is 5.82 Å². The molecule has 0 aromatic carbocycles. The smallest absolute Gasteiger partial charge is 0.151 e. The van der Waals surface area contributed by atoms with Crippen molar-refractivity contribution in [3.05, 3.63) is 17.8 Å². The van der Waals surface area contributed by atoms with Gasteiger partial charge in [0.2, 0.25) is 0 Å². The zero-order valence-corrected chi connectivity index (χ0v) is 13.1. The molecule has 116 valence electrons. The van der Waals surface area contributed by atoms with Crippen molar-refractivity contribution in [3.8, 4) is 0 Å². The zero-order chi connectivity index (χ0) is 14.5. The van der Waals surface area contributed by atoms with E-state index in [2.05, 4.69) is 37.4 Å². The summed E-state index contributed by atoms with van der Waals surface area (Å²) >= 11 is 0. The van der Waals surface area contributed by atoms with Gasteiger partial charge < -0.3 is 15.1 Å². The van der Waals surface area contributed by atoms with E-state index in [1.54, 1.807) is 0 Å². The number of aromatic nitrogens is 2. The molecule has 2 aliphatic heterocycles. The summed E-state index contributed by atoms with van der Waals surface area (Å²) < 4.78 is 0. The number of piperidine rings is 2. The highest BCUT2D eigenvalue weighted by Gasteiger charge is 2.26. The van der Waals surface area contributed by atoms with Gasteiger partial charge in [-0.3, -0.25) is 0 Å². The fourth-order valence-corrected chi connectivity index (χ4v) is 3.54. The first-order valence-corrected chi connectivity index (χ1v) is 8.33. The van der Waals surface area contributed by atoms with E-state index in [1.165, 1.54) is 45.2 Å². The molecule has 1 N–H and O–H groups in total. The van der Waals surface area contributed by atoms with Crippen LogP contribution in [0.1, 0.15) is 37.8 Å². The van der Waals surface area contributed by atoms with Gasteiger partial charge in [0.25, 0.3) is 0 Å².